The Kier molecular flexibility index (Phi) is 3.98. The number of nitrogens with one attached hydrogen (secondary N) is 1. The Morgan fingerprint density at radius 3 is 2.57 bits per heavy atom. The summed E-state index contributed by atoms with van der Waals surface area (Å²) in [4.78, 5) is 3.65. The molecule has 0 radical (unpaired) electrons. The van der Waals surface area contributed by atoms with Crippen molar-refractivity contribution in [3.05, 3.63) is 101 Å². The van der Waals surface area contributed by atoms with Gasteiger partial charge in [0.2, 0.25) is 5.52 Å². The first-order valence-electron chi connectivity index (χ1n) is 9.67. The lowest BCUT2D eigenvalue weighted by Crippen LogP contribution is -2.17. The molecule has 0 atom stereocenters. The number of halogens is 2. The highest BCUT2D eigenvalue weighted by Gasteiger charge is 2.26. The minimum atomic E-state index is 0.712. The molecule has 3 aromatic heterocycles. The summed E-state index contributed by atoms with van der Waals surface area (Å²) in [5.41, 5.74) is 6.60. The zero-order valence-electron chi connectivity index (χ0n) is 15.8. The Balaban J connectivity index is 1.82. The van der Waals surface area contributed by atoms with Gasteiger partial charge in [-0.25, -0.2) is 0 Å². The maximum atomic E-state index is 6.34. The van der Waals surface area contributed by atoms with Crippen LogP contribution >= 0.6 is 27.5 Å². The van der Waals surface area contributed by atoms with Crippen LogP contribution in [0.4, 0.5) is 0 Å². The van der Waals surface area contributed by atoms with Crippen LogP contribution in [0.5, 0.6) is 0 Å². The van der Waals surface area contributed by atoms with Gasteiger partial charge in [0.1, 0.15) is 5.69 Å². The van der Waals surface area contributed by atoms with E-state index in [1.807, 2.05) is 24.3 Å². The Bertz CT molecular complexity index is 1580. The largest absolute Gasteiger partial charge is 0.351 e. The molecule has 1 N–H and O–H groups in total. The summed E-state index contributed by atoms with van der Waals surface area (Å²) in [6.07, 6.45) is 4.24. The highest BCUT2D eigenvalue weighted by molar-refractivity contribution is 9.10. The second-order valence-electron chi connectivity index (χ2n) is 7.32. The molecule has 30 heavy (non-hydrogen) atoms. The minimum absolute atomic E-state index is 0.712. The van der Waals surface area contributed by atoms with Crippen molar-refractivity contribution in [2.24, 2.45) is 0 Å². The molecule has 144 valence electrons. The van der Waals surface area contributed by atoms with Gasteiger partial charge in [-0.1, -0.05) is 63.9 Å². The van der Waals surface area contributed by atoms with Gasteiger partial charge in [0.25, 0.3) is 6.33 Å². The lowest BCUT2D eigenvalue weighted by atomic mass is 10.1. The van der Waals surface area contributed by atoms with Crippen molar-refractivity contribution in [2.75, 3.05) is 0 Å². The Hall–Kier alpha value is -3.08. The molecule has 0 aliphatic heterocycles. The number of fused-ring (bicyclic) bond motifs is 5. The Morgan fingerprint density at radius 1 is 0.867 bits per heavy atom. The van der Waals surface area contributed by atoms with Crippen LogP contribution in [0.3, 0.4) is 0 Å². The third-order valence-electron chi connectivity index (χ3n) is 5.56. The molecular formula is C25H16BrClN3+. The zero-order valence-corrected chi connectivity index (χ0v) is 18.2. The van der Waals surface area contributed by atoms with Gasteiger partial charge in [-0.3, -0.25) is 0 Å². The summed E-state index contributed by atoms with van der Waals surface area (Å²) >= 11 is 10.1. The fourth-order valence-electron chi connectivity index (χ4n) is 4.25. The number of imidazole rings is 1. The van der Waals surface area contributed by atoms with Crippen LogP contribution in [0.1, 0.15) is 0 Å². The topological polar surface area (TPSA) is 24.8 Å². The van der Waals surface area contributed by atoms with Gasteiger partial charge in [-0.15, -0.1) is 0 Å². The average molecular weight is 474 g/mol. The number of aromatic nitrogens is 3. The standard InChI is InChI=1S/C25H16BrClN3/c26-21-10-3-1-9-20(21)24-25-23-19(18-8-2-4-11-22(18)28-23)12-13-29(25)15-30(24)17-7-5-6-16(27)14-17/h1-15,28H/q+1. The molecule has 3 nitrogen and oxygen atoms in total. The predicted octanol–water partition coefficient (Wildman–Crippen LogP) is 6.93. The van der Waals surface area contributed by atoms with Crippen LogP contribution in [0, 0.1) is 0 Å². The molecule has 0 saturated heterocycles. The van der Waals surface area contributed by atoms with E-state index >= 15 is 0 Å². The third kappa shape index (κ3) is 2.61. The molecule has 0 amide bonds. The van der Waals surface area contributed by atoms with E-state index in [4.69, 9.17) is 11.6 Å². The Morgan fingerprint density at radius 2 is 1.70 bits per heavy atom. The van der Waals surface area contributed by atoms with E-state index in [2.05, 4.69) is 97.0 Å². The van der Waals surface area contributed by atoms with Crippen molar-refractivity contribution >= 4 is 54.9 Å². The first-order chi connectivity index (χ1) is 14.7. The molecule has 0 spiro atoms. The number of rotatable bonds is 2. The predicted molar refractivity (Wildman–Crippen MR) is 126 cm³/mol. The minimum Gasteiger partial charge on any atom is -0.351 e. The van der Waals surface area contributed by atoms with Gasteiger partial charge >= 0.3 is 0 Å². The lowest BCUT2D eigenvalue weighted by Gasteiger charge is -2.05. The SMILES string of the molecule is Clc1cccc(-n2c[n+]3ccc4c5ccccc5[nH]c4c3c2-c2ccccc2Br)c1. The average Bonchev–Trinajstić information content (AvgIpc) is 3.32. The van der Waals surface area contributed by atoms with Gasteiger partial charge in [0.15, 0.2) is 5.69 Å². The molecule has 0 aliphatic rings. The van der Waals surface area contributed by atoms with Crippen molar-refractivity contribution in [1.82, 2.24) is 9.55 Å². The van der Waals surface area contributed by atoms with E-state index in [9.17, 15) is 0 Å². The van der Waals surface area contributed by atoms with E-state index in [0.717, 1.165) is 38.0 Å². The normalized spacial score (nSPS) is 11.7. The number of nitrogens with zero attached hydrogens (tertiary/aromatic N) is 2. The van der Waals surface area contributed by atoms with Gasteiger partial charge in [0.05, 0.1) is 11.7 Å². The van der Waals surface area contributed by atoms with Crippen LogP contribution in [0.25, 0.3) is 44.3 Å². The first-order valence-corrected chi connectivity index (χ1v) is 10.8. The van der Waals surface area contributed by atoms with Crippen molar-refractivity contribution < 1.29 is 4.40 Å². The van der Waals surface area contributed by atoms with Crippen molar-refractivity contribution in [3.63, 3.8) is 0 Å². The van der Waals surface area contributed by atoms with E-state index < -0.39 is 0 Å². The van der Waals surface area contributed by atoms with Gasteiger partial charge in [-0.05, 0) is 36.4 Å². The summed E-state index contributed by atoms with van der Waals surface area (Å²) in [7, 11) is 0. The molecule has 3 aromatic carbocycles. The fraction of sp³-hybridized carbons (Fsp3) is 0. The number of aromatic amines is 1. The van der Waals surface area contributed by atoms with E-state index in [1.54, 1.807) is 0 Å². The van der Waals surface area contributed by atoms with Crippen molar-refractivity contribution in [1.29, 1.82) is 0 Å². The molecule has 6 rings (SSSR count). The zero-order chi connectivity index (χ0) is 20.2. The maximum absolute atomic E-state index is 6.34. The Labute approximate surface area is 186 Å². The second-order valence-corrected chi connectivity index (χ2v) is 8.62. The quantitative estimate of drug-likeness (QED) is 0.264. The molecule has 0 saturated carbocycles. The second kappa shape index (κ2) is 6.73. The number of H-pyrrole nitrogens is 1. The molecule has 0 fully saturated rings. The van der Waals surface area contributed by atoms with Crippen LogP contribution in [-0.4, -0.2) is 9.55 Å². The molecule has 6 aromatic rings. The monoisotopic (exact) mass is 472 g/mol. The molecule has 0 aliphatic carbocycles. The molecule has 0 unspecified atom stereocenters. The van der Waals surface area contributed by atoms with E-state index in [-0.39, 0.29) is 0 Å². The molecule has 5 heteroatoms. The van der Waals surface area contributed by atoms with Crippen molar-refractivity contribution in [2.45, 2.75) is 0 Å². The molecule has 0 bridgehead atoms. The number of para-hydroxylation sites is 1. The van der Waals surface area contributed by atoms with Crippen molar-refractivity contribution in [3.8, 4) is 16.9 Å². The summed E-state index contributed by atoms with van der Waals surface area (Å²) in [5.74, 6) is 0. The van der Waals surface area contributed by atoms with E-state index in [0.29, 0.717) is 5.02 Å². The summed E-state index contributed by atoms with van der Waals surface area (Å²) < 4.78 is 5.42. The summed E-state index contributed by atoms with van der Waals surface area (Å²) in [5, 5.41) is 3.15. The first kappa shape index (κ1) is 17.8. The third-order valence-corrected chi connectivity index (χ3v) is 6.49. The van der Waals surface area contributed by atoms with Gasteiger partial charge < -0.3 is 4.98 Å². The van der Waals surface area contributed by atoms with Crippen LogP contribution < -0.4 is 4.40 Å². The fourth-order valence-corrected chi connectivity index (χ4v) is 4.90. The smallest absolute Gasteiger partial charge is 0.254 e. The number of hydrogen-bond donors (Lipinski definition) is 1. The molecule has 3 heterocycles. The van der Waals surface area contributed by atoms with E-state index in [1.165, 1.54) is 10.8 Å². The maximum Gasteiger partial charge on any atom is 0.254 e. The summed E-state index contributed by atoms with van der Waals surface area (Å²) in [6, 6.07) is 26.9. The highest BCUT2D eigenvalue weighted by atomic mass is 79.9. The van der Waals surface area contributed by atoms with Gasteiger partial charge in [-0.2, -0.15) is 8.97 Å². The van der Waals surface area contributed by atoms with Crippen LogP contribution in [0.15, 0.2) is 95.9 Å². The van der Waals surface area contributed by atoms with Gasteiger partial charge in [0, 0.05) is 37.4 Å². The lowest BCUT2D eigenvalue weighted by molar-refractivity contribution is -0.510. The number of benzene rings is 3. The highest BCUT2D eigenvalue weighted by Crippen LogP contribution is 2.36. The summed E-state index contributed by atoms with van der Waals surface area (Å²) in [6.45, 7) is 0. The van der Waals surface area contributed by atoms with Crippen LogP contribution in [0.2, 0.25) is 5.02 Å². The number of pyridine rings is 1. The number of hydrogen-bond acceptors (Lipinski definition) is 0. The van der Waals surface area contributed by atoms with Crippen LogP contribution in [-0.2, 0) is 0 Å². The molecular weight excluding hydrogens is 458 g/mol.